The lowest BCUT2D eigenvalue weighted by atomic mass is 10.1. The molecule has 0 saturated carbocycles. The van der Waals surface area contributed by atoms with E-state index in [9.17, 15) is 17.4 Å². The second-order valence-corrected chi connectivity index (χ2v) is 10.9. The highest BCUT2D eigenvalue weighted by atomic mass is 32.2. The van der Waals surface area contributed by atoms with Crippen LogP contribution in [0.25, 0.3) is 22.0 Å². The Balaban J connectivity index is 1.44. The highest BCUT2D eigenvalue weighted by Gasteiger charge is 2.33. The maximum atomic E-state index is 13.5. The summed E-state index contributed by atoms with van der Waals surface area (Å²) in [6.45, 7) is 0.714. The van der Waals surface area contributed by atoms with Crippen molar-refractivity contribution < 1.29 is 21.6 Å². The van der Waals surface area contributed by atoms with Gasteiger partial charge in [-0.25, -0.2) is 16.6 Å². The number of para-hydroxylation sites is 1. The predicted molar refractivity (Wildman–Crippen MR) is 131 cm³/mol. The van der Waals surface area contributed by atoms with Gasteiger partial charge in [0.15, 0.2) is 11.1 Å². The summed E-state index contributed by atoms with van der Waals surface area (Å²) in [5.74, 6) is -0.219. The second kappa shape index (κ2) is 8.83. The monoisotopic (exact) mass is 494 g/mol. The zero-order valence-electron chi connectivity index (χ0n) is 18.3. The lowest BCUT2D eigenvalue weighted by Crippen LogP contribution is -2.54. The molecule has 5 rings (SSSR count). The van der Waals surface area contributed by atoms with Crippen LogP contribution in [0.5, 0.6) is 0 Å². The first-order chi connectivity index (χ1) is 16.3. The smallest absolute Gasteiger partial charge is 0.268 e. The first-order valence-electron chi connectivity index (χ1n) is 10.7. The van der Waals surface area contributed by atoms with E-state index in [1.165, 1.54) is 34.5 Å². The Kier molecular flexibility index (Phi) is 5.85. The Bertz CT molecular complexity index is 1490. The maximum Gasteiger partial charge on any atom is 0.268 e. The third-order valence-corrected chi connectivity index (χ3v) is 8.06. The number of amides is 1. The highest BCUT2D eigenvalue weighted by Crippen LogP contribution is 2.33. The molecule has 0 aliphatic carbocycles. The van der Waals surface area contributed by atoms with Crippen LogP contribution in [0.1, 0.15) is 10.4 Å². The van der Waals surface area contributed by atoms with Crippen molar-refractivity contribution in [2.75, 3.05) is 19.3 Å². The molecular weight excluding hydrogens is 472 g/mol. The summed E-state index contributed by atoms with van der Waals surface area (Å²) < 4.78 is 44.7. The lowest BCUT2D eigenvalue weighted by Gasteiger charge is -2.37. The van der Waals surface area contributed by atoms with Gasteiger partial charge in [0.25, 0.3) is 15.9 Å². The molecule has 0 bridgehead atoms. The molecule has 3 aromatic carbocycles. The van der Waals surface area contributed by atoms with Gasteiger partial charge in [-0.15, -0.1) is 0 Å². The Morgan fingerprint density at radius 1 is 0.941 bits per heavy atom. The fourth-order valence-electron chi connectivity index (χ4n) is 4.12. The zero-order chi connectivity index (χ0) is 23.9. The van der Waals surface area contributed by atoms with Crippen LogP contribution in [0, 0.1) is 0 Å². The van der Waals surface area contributed by atoms with E-state index in [1.54, 1.807) is 17.2 Å². The third-order valence-electron chi connectivity index (χ3n) is 5.83. The van der Waals surface area contributed by atoms with E-state index in [4.69, 9.17) is 4.18 Å². The van der Waals surface area contributed by atoms with Crippen LogP contribution in [0.3, 0.4) is 0 Å². The summed E-state index contributed by atoms with van der Waals surface area (Å²) in [5.41, 5.74) is 2.73. The molecule has 2 heterocycles. The van der Waals surface area contributed by atoms with Crippen LogP contribution >= 0.6 is 0 Å². The van der Waals surface area contributed by atoms with Crippen molar-refractivity contribution in [3.8, 4) is 11.1 Å². The van der Waals surface area contributed by atoms with Gasteiger partial charge in [0.1, 0.15) is 6.10 Å². The first-order valence-corrected chi connectivity index (χ1v) is 13.6. The van der Waals surface area contributed by atoms with Crippen molar-refractivity contribution >= 4 is 37.9 Å². The van der Waals surface area contributed by atoms with E-state index in [0.717, 1.165) is 16.5 Å². The molecule has 0 spiro atoms. The zero-order valence-corrected chi connectivity index (χ0v) is 20.0. The normalized spacial score (nSPS) is 15.3. The average Bonchev–Trinajstić information content (AvgIpc) is 3.22. The maximum absolute atomic E-state index is 13.5. The average molecular weight is 495 g/mol. The largest absolute Gasteiger partial charge is 0.333 e. The molecule has 1 atom stereocenters. The molecule has 1 amide bonds. The lowest BCUT2D eigenvalue weighted by molar-refractivity contribution is 0.0232. The second-order valence-electron chi connectivity index (χ2n) is 8.08. The van der Waals surface area contributed by atoms with Gasteiger partial charge in [-0.05, 0) is 35.9 Å². The molecule has 4 aromatic rings. The molecule has 1 aromatic heterocycles. The molecule has 34 heavy (non-hydrogen) atoms. The van der Waals surface area contributed by atoms with Crippen molar-refractivity contribution in [2.45, 2.75) is 11.0 Å². The van der Waals surface area contributed by atoms with Gasteiger partial charge in [-0.1, -0.05) is 48.5 Å². The van der Waals surface area contributed by atoms with Crippen LogP contribution in [0.15, 0.2) is 90.0 Å². The summed E-state index contributed by atoms with van der Waals surface area (Å²) >= 11 is -1.38. The molecule has 9 heteroatoms. The Hall–Kier alpha value is -3.27. The summed E-state index contributed by atoms with van der Waals surface area (Å²) in [6, 6.07) is 23.0. The molecule has 7 nitrogen and oxygen atoms in total. The Morgan fingerprint density at radius 3 is 2.26 bits per heavy atom. The van der Waals surface area contributed by atoms with Gasteiger partial charge in [0.2, 0.25) is 0 Å². The molecule has 174 valence electrons. The van der Waals surface area contributed by atoms with Gasteiger partial charge in [-0.2, -0.15) is 0 Å². The number of benzene rings is 3. The molecular formula is C25H22N2O5S2. The summed E-state index contributed by atoms with van der Waals surface area (Å²) in [4.78, 5) is 14.3. The quantitative estimate of drug-likeness (QED) is 0.408. The molecule has 1 saturated heterocycles. The first kappa shape index (κ1) is 22.5. The van der Waals surface area contributed by atoms with Gasteiger partial charge in [0.05, 0.1) is 23.5 Å². The molecule has 0 radical (unpaired) electrons. The fourth-order valence-corrected chi connectivity index (χ4v) is 5.99. The van der Waals surface area contributed by atoms with Crippen molar-refractivity contribution in [3.05, 3.63) is 90.6 Å². The third kappa shape index (κ3) is 4.06. The van der Waals surface area contributed by atoms with Crippen molar-refractivity contribution in [2.24, 2.45) is 0 Å². The van der Waals surface area contributed by atoms with E-state index in [2.05, 4.69) is 0 Å². The number of hydrogen-bond acceptors (Lipinski definition) is 5. The molecule has 1 fully saturated rings. The SMILES string of the molecule is CS(=O)OC1CN(C(=O)c2ccc(S(=O)(=O)n3cc(-c4ccccc4)c4ccccc43)cc2)C1. The van der Waals surface area contributed by atoms with Crippen molar-refractivity contribution in [1.82, 2.24) is 8.87 Å². The predicted octanol–water partition coefficient (Wildman–Crippen LogP) is 3.68. The van der Waals surface area contributed by atoms with E-state index in [1.807, 2.05) is 48.5 Å². The molecule has 1 aliphatic rings. The van der Waals surface area contributed by atoms with Crippen LogP contribution in [0.2, 0.25) is 0 Å². The summed E-state index contributed by atoms with van der Waals surface area (Å²) in [6.07, 6.45) is 2.85. The van der Waals surface area contributed by atoms with Crippen LogP contribution in [0.4, 0.5) is 0 Å². The number of carbonyl (C=O) groups is 1. The van der Waals surface area contributed by atoms with E-state index in [-0.39, 0.29) is 16.9 Å². The number of rotatable bonds is 6. The molecule has 0 N–H and O–H groups in total. The summed E-state index contributed by atoms with van der Waals surface area (Å²) in [7, 11) is -3.89. The summed E-state index contributed by atoms with van der Waals surface area (Å²) in [5, 5.41) is 0.839. The van der Waals surface area contributed by atoms with E-state index >= 15 is 0 Å². The number of aromatic nitrogens is 1. The number of nitrogens with zero attached hydrogens (tertiary/aromatic N) is 2. The van der Waals surface area contributed by atoms with Gasteiger partial charge in [-0.3, -0.25) is 8.98 Å². The van der Waals surface area contributed by atoms with Gasteiger partial charge >= 0.3 is 0 Å². The molecule has 1 unspecified atom stereocenters. The number of carbonyl (C=O) groups excluding carboxylic acids is 1. The Labute approximate surface area is 200 Å². The van der Waals surface area contributed by atoms with Gasteiger partial charge in [0, 0.05) is 29.0 Å². The van der Waals surface area contributed by atoms with Crippen LogP contribution in [-0.4, -0.2) is 52.9 Å². The van der Waals surface area contributed by atoms with Gasteiger partial charge < -0.3 is 4.90 Å². The van der Waals surface area contributed by atoms with Crippen LogP contribution in [-0.2, 0) is 25.3 Å². The number of fused-ring (bicyclic) bond motifs is 1. The minimum absolute atomic E-state index is 0.0932. The standard InChI is InChI=1S/C25H22N2O5S2/c1-33(29)32-20-15-26(16-20)25(28)19-11-13-21(14-12-19)34(30,31)27-17-23(18-7-3-2-4-8-18)22-9-5-6-10-24(22)27/h2-14,17,20H,15-16H2,1H3. The minimum atomic E-state index is -3.89. The van der Waals surface area contributed by atoms with Crippen molar-refractivity contribution in [3.63, 3.8) is 0 Å². The van der Waals surface area contributed by atoms with Crippen molar-refractivity contribution in [1.29, 1.82) is 0 Å². The van der Waals surface area contributed by atoms with Crippen LogP contribution < -0.4 is 0 Å². The number of likely N-dealkylation sites (tertiary alicyclic amines) is 1. The number of hydrogen-bond donors (Lipinski definition) is 0. The minimum Gasteiger partial charge on any atom is -0.333 e. The molecule has 1 aliphatic heterocycles. The Morgan fingerprint density at radius 2 is 1.59 bits per heavy atom. The highest BCUT2D eigenvalue weighted by molar-refractivity contribution is 7.90. The van der Waals surface area contributed by atoms with E-state index in [0.29, 0.717) is 24.2 Å². The fraction of sp³-hybridized carbons (Fsp3) is 0.160. The van der Waals surface area contributed by atoms with E-state index < -0.39 is 21.1 Å². The topological polar surface area (TPSA) is 85.7 Å².